The Bertz CT molecular complexity index is 353. The van der Waals surface area contributed by atoms with Crippen molar-refractivity contribution < 1.29 is 9.53 Å². The molecule has 0 saturated carbocycles. The molecule has 1 aliphatic heterocycles. The second kappa shape index (κ2) is 5.12. The predicted octanol–water partition coefficient (Wildman–Crippen LogP) is 1.77. The lowest BCUT2D eigenvalue weighted by molar-refractivity contribution is 0.0600. The molecule has 0 aromatic heterocycles. The maximum atomic E-state index is 11.2. The molecule has 1 N–H and O–H groups in total. The van der Waals surface area contributed by atoms with Gasteiger partial charge in [-0.3, -0.25) is 0 Å². The van der Waals surface area contributed by atoms with E-state index in [9.17, 15) is 4.79 Å². The molecule has 1 aliphatic rings. The predicted molar refractivity (Wildman–Crippen MR) is 62.5 cm³/mol. The monoisotopic (exact) mass is 219 g/mol. The number of ether oxygens (including phenoxy) is 1. The summed E-state index contributed by atoms with van der Waals surface area (Å²) >= 11 is 0. The number of nitrogens with one attached hydrogen (secondary N) is 1. The Kier molecular flexibility index (Phi) is 3.57. The third-order valence-corrected chi connectivity index (χ3v) is 3.02. The van der Waals surface area contributed by atoms with Gasteiger partial charge in [0.1, 0.15) is 0 Å². The minimum absolute atomic E-state index is 0.273. The van der Waals surface area contributed by atoms with Crippen LogP contribution in [-0.4, -0.2) is 25.7 Å². The van der Waals surface area contributed by atoms with E-state index in [1.54, 1.807) is 0 Å². The van der Waals surface area contributed by atoms with E-state index < -0.39 is 0 Å². The summed E-state index contributed by atoms with van der Waals surface area (Å²) in [6.07, 6.45) is 3.56. The van der Waals surface area contributed by atoms with Crippen molar-refractivity contribution in [2.45, 2.75) is 25.3 Å². The van der Waals surface area contributed by atoms with Gasteiger partial charge >= 0.3 is 5.97 Å². The summed E-state index contributed by atoms with van der Waals surface area (Å²) in [5, 5.41) is 3.46. The molecular weight excluding hydrogens is 202 g/mol. The van der Waals surface area contributed by atoms with Crippen molar-refractivity contribution in [1.82, 2.24) is 5.32 Å². The Morgan fingerprint density at radius 1 is 1.44 bits per heavy atom. The highest BCUT2D eigenvalue weighted by Gasteiger charge is 2.14. The second-order valence-corrected chi connectivity index (χ2v) is 4.19. The largest absolute Gasteiger partial charge is 0.465 e. The van der Waals surface area contributed by atoms with Gasteiger partial charge in [-0.15, -0.1) is 0 Å². The topological polar surface area (TPSA) is 38.3 Å². The van der Waals surface area contributed by atoms with E-state index in [1.165, 1.54) is 25.5 Å². The van der Waals surface area contributed by atoms with Gasteiger partial charge in [0.15, 0.2) is 0 Å². The lowest BCUT2D eigenvalue weighted by Gasteiger charge is -2.10. The van der Waals surface area contributed by atoms with Crippen LogP contribution in [0.15, 0.2) is 24.3 Å². The highest BCUT2D eigenvalue weighted by Crippen LogP contribution is 2.13. The van der Waals surface area contributed by atoms with Gasteiger partial charge in [0.2, 0.25) is 0 Å². The fourth-order valence-electron chi connectivity index (χ4n) is 2.11. The summed E-state index contributed by atoms with van der Waals surface area (Å²) in [4.78, 5) is 11.2. The SMILES string of the molecule is COC(=O)c1ccc(CC2CCCN2)cc1. The van der Waals surface area contributed by atoms with Crippen LogP contribution in [0.1, 0.15) is 28.8 Å². The summed E-state index contributed by atoms with van der Waals surface area (Å²) in [5.74, 6) is -0.273. The van der Waals surface area contributed by atoms with Crippen molar-refractivity contribution in [3.05, 3.63) is 35.4 Å². The molecule has 16 heavy (non-hydrogen) atoms. The van der Waals surface area contributed by atoms with Crippen LogP contribution in [0.25, 0.3) is 0 Å². The van der Waals surface area contributed by atoms with Crippen LogP contribution in [-0.2, 0) is 11.2 Å². The third kappa shape index (κ3) is 2.61. The highest BCUT2D eigenvalue weighted by molar-refractivity contribution is 5.89. The molecule has 3 heteroatoms. The van der Waals surface area contributed by atoms with E-state index in [0.717, 1.165) is 13.0 Å². The lowest BCUT2D eigenvalue weighted by Crippen LogP contribution is -2.23. The zero-order valence-corrected chi connectivity index (χ0v) is 9.53. The minimum atomic E-state index is -0.273. The van der Waals surface area contributed by atoms with Gasteiger partial charge in [-0.25, -0.2) is 4.79 Å². The average Bonchev–Trinajstić information content (AvgIpc) is 2.82. The Labute approximate surface area is 95.8 Å². The number of carbonyl (C=O) groups is 1. The Morgan fingerprint density at radius 2 is 2.19 bits per heavy atom. The van der Waals surface area contributed by atoms with E-state index in [4.69, 9.17) is 0 Å². The summed E-state index contributed by atoms with van der Waals surface area (Å²) in [7, 11) is 1.40. The maximum absolute atomic E-state index is 11.2. The van der Waals surface area contributed by atoms with Crippen LogP contribution in [0.2, 0.25) is 0 Å². The maximum Gasteiger partial charge on any atom is 0.337 e. The molecule has 3 nitrogen and oxygen atoms in total. The number of benzene rings is 1. The van der Waals surface area contributed by atoms with Crippen molar-refractivity contribution in [1.29, 1.82) is 0 Å². The Morgan fingerprint density at radius 3 is 2.75 bits per heavy atom. The second-order valence-electron chi connectivity index (χ2n) is 4.19. The van der Waals surface area contributed by atoms with Crippen molar-refractivity contribution in [2.24, 2.45) is 0 Å². The molecule has 0 bridgehead atoms. The summed E-state index contributed by atoms with van der Waals surface area (Å²) in [6, 6.07) is 8.27. The van der Waals surface area contributed by atoms with Crippen LogP contribution in [0, 0.1) is 0 Å². The number of esters is 1. The van der Waals surface area contributed by atoms with Gasteiger partial charge in [0.25, 0.3) is 0 Å². The number of rotatable bonds is 3. The number of hydrogen-bond acceptors (Lipinski definition) is 3. The molecule has 0 spiro atoms. The van der Waals surface area contributed by atoms with Gasteiger partial charge in [0, 0.05) is 6.04 Å². The molecule has 0 aliphatic carbocycles. The first-order chi connectivity index (χ1) is 7.79. The van der Waals surface area contributed by atoms with Gasteiger partial charge < -0.3 is 10.1 Å². The summed E-state index contributed by atoms with van der Waals surface area (Å²) < 4.78 is 4.66. The smallest absolute Gasteiger partial charge is 0.337 e. The Balaban J connectivity index is 1.98. The molecule has 86 valence electrons. The number of methoxy groups -OCH3 is 1. The molecule has 0 amide bonds. The highest BCUT2D eigenvalue weighted by atomic mass is 16.5. The van der Waals surface area contributed by atoms with Crippen LogP contribution in [0.4, 0.5) is 0 Å². The lowest BCUT2D eigenvalue weighted by atomic mass is 10.0. The molecule has 1 saturated heterocycles. The summed E-state index contributed by atoms with van der Waals surface area (Å²) in [6.45, 7) is 1.13. The normalized spacial score (nSPS) is 19.7. The summed E-state index contributed by atoms with van der Waals surface area (Å²) in [5.41, 5.74) is 1.89. The zero-order chi connectivity index (χ0) is 11.4. The number of carbonyl (C=O) groups excluding carboxylic acids is 1. The van der Waals surface area contributed by atoms with E-state index in [0.29, 0.717) is 11.6 Å². The van der Waals surface area contributed by atoms with Crippen LogP contribution < -0.4 is 5.32 Å². The molecule has 0 radical (unpaired) electrons. The van der Waals surface area contributed by atoms with Crippen molar-refractivity contribution in [3.8, 4) is 0 Å². The van der Waals surface area contributed by atoms with Gasteiger partial charge in [0.05, 0.1) is 12.7 Å². The van der Waals surface area contributed by atoms with Crippen molar-refractivity contribution in [3.63, 3.8) is 0 Å². The molecule has 2 rings (SSSR count). The molecule has 1 fully saturated rings. The van der Waals surface area contributed by atoms with Crippen molar-refractivity contribution in [2.75, 3.05) is 13.7 Å². The van der Waals surface area contributed by atoms with Gasteiger partial charge in [-0.2, -0.15) is 0 Å². The molecule has 1 aromatic rings. The average molecular weight is 219 g/mol. The van der Waals surface area contributed by atoms with Crippen molar-refractivity contribution >= 4 is 5.97 Å². The number of hydrogen-bond donors (Lipinski definition) is 1. The van der Waals surface area contributed by atoms with E-state index in [2.05, 4.69) is 10.1 Å². The third-order valence-electron chi connectivity index (χ3n) is 3.02. The first-order valence-electron chi connectivity index (χ1n) is 5.70. The first-order valence-corrected chi connectivity index (χ1v) is 5.70. The minimum Gasteiger partial charge on any atom is -0.465 e. The molecule has 1 heterocycles. The first kappa shape index (κ1) is 11.1. The molecule has 1 atom stereocenters. The van der Waals surface area contributed by atoms with E-state index >= 15 is 0 Å². The fraction of sp³-hybridized carbons (Fsp3) is 0.462. The molecule has 1 aromatic carbocycles. The van der Waals surface area contributed by atoms with E-state index in [-0.39, 0.29) is 5.97 Å². The molecule has 1 unspecified atom stereocenters. The molecular formula is C13H17NO2. The standard InChI is InChI=1S/C13H17NO2/c1-16-13(15)11-6-4-10(5-7-11)9-12-3-2-8-14-12/h4-7,12,14H,2-3,8-9H2,1H3. The fourth-order valence-corrected chi connectivity index (χ4v) is 2.11. The van der Waals surface area contributed by atoms with Gasteiger partial charge in [-0.05, 0) is 43.5 Å². The van der Waals surface area contributed by atoms with Gasteiger partial charge in [-0.1, -0.05) is 12.1 Å². The van der Waals surface area contributed by atoms with Crippen LogP contribution in [0.5, 0.6) is 0 Å². The van der Waals surface area contributed by atoms with E-state index in [1.807, 2.05) is 24.3 Å². The quantitative estimate of drug-likeness (QED) is 0.787. The zero-order valence-electron chi connectivity index (χ0n) is 9.53. The van der Waals surface area contributed by atoms with Crippen LogP contribution in [0.3, 0.4) is 0 Å². The van der Waals surface area contributed by atoms with Crippen LogP contribution >= 0.6 is 0 Å². The Hall–Kier alpha value is -1.35.